The van der Waals surface area contributed by atoms with Crippen LogP contribution in [0.2, 0.25) is 0 Å². The van der Waals surface area contributed by atoms with E-state index < -0.39 is 17.4 Å². The number of anilines is 1. The van der Waals surface area contributed by atoms with E-state index in [0.29, 0.717) is 12.8 Å². The molecule has 134 valence electrons. The SMILES string of the molecule is CCOC(=O)c1ccc(F)c(N2C(N)=NC(N)=NC23CCCCC3)c1. The van der Waals surface area contributed by atoms with E-state index in [1.807, 2.05) is 0 Å². The zero-order chi connectivity index (χ0) is 18.0. The summed E-state index contributed by atoms with van der Waals surface area (Å²) in [6.45, 7) is 1.95. The summed E-state index contributed by atoms with van der Waals surface area (Å²) < 4.78 is 19.6. The number of guanidine groups is 2. The number of hydrogen-bond donors (Lipinski definition) is 2. The van der Waals surface area contributed by atoms with Crippen molar-refractivity contribution in [2.45, 2.75) is 44.7 Å². The van der Waals surface area contributed by atoms with Gasteiger partial charge in [-0.25, -0.2) is 14.2 Å². The molecule has 1 aromatic rings. The second kappa shape index (κ2) is 6.70. The monoisotopic (exact) mass is 347 g/mol. The van der Waals surface area contributed by atoms with Gasteiger partial charge in [0.1, 0.15) is 11.5 Å². The number of rotatable bonds is 3. The Morgan fingerprint density at radius 3 is 2.72 bits per heavy atom. The molecule has 1 aliphatic carbocycles. The molecule has 0 amide bonds. The Morgan fingerprint density at radius 2 is 2.04 bits per heavy atom. The molecule has 1 heterocycles. The maximum Gasteiger partial charge on any atom is 0.338 e. The van der Waals surface area contributed by atoms with E-state index in [1.165, 1.54) is 18.2 Å². The molecule has 2 aliphatic rings. The summed E-state index contributed by atoms with van der Waals surface area (Å²) in [7, 11) is 0. The van der Waals surface area contributed by atoms with Gasteiger partial charge >= 0.3 is 5.97 Å². The molecular formula is C17H22FN5O2. The third-order valence-electron chi connectivity index (χ3n) is 4.55. The number of hydrogen-bond acceptors (Lipinski definition) is 7. The van der Waals surface area contributed by atoms with Gasteiger partial charge in [0.2, 0.25) is 11.9 Å². The van der Waals surface area contributed by atoms with Crippen LogP contribution in [0.5, 0.6) is 0 Å². The van der Waals surface area contributed by atoms with E-state index in [9.17, 15) is 9.18 Å². The molecule has 0 aromatic heterocycles. The molecule has 8 heteroatoms. The van der Waals surface area contributed by atoms with Crippen LogP contribution in [-0.2, 0) is 4.74 Å². The number of aliphatic imine (C=N–C) groups is 2. The fraction of sp³-hybridized carbons (Fsp3) is 0.471. The molecule has 3 rings (SSSR count). The lowest BCUT2D eigenvalue weighted by molar-refractivity contribution is 0.0526. The molecule has 0 bridgehead atoms. The largest absolute Gasteiger partial charge is 0.462 e. The first-order valence-corrected chi connectivity index (χ1v) is 8.43. The van der Waals surface area contributed by atoms with Crippen molar-refractivity contribution in [3.05, 3.63) is 29.6 Å². The number of halogens is 1. The first kappa shape index (κ1) is 17.2. The summed E-state index contributed by atoms with van der Waals surface area (Å²) in [6, 6.07) is 4.05. The number of ether oxygens (including phenoxy) is 1. The Hall–Kier alpha value is -2.64. The molecule has 0 atom stereocenters. The molecule has 0 saturated heterocycles. The molecule has 1 saturated carbocycles. The van der Waals surface area contributed by atoms with Crippen LogP contribution in [0, 0.1) is 5.82 Å². The second-order valence-corrected chi connectivity index (χ2v) is 6.21. The van der Waals surface area contributed by atoms with Gasteiger partial charge in [0.25, 0.3) is 0 Å². The average molecular weight is 347 g/mol. The van der Waals surface area contributed by atoms with Gasteiger partial charge in [-0.15, -0.1) is 0 Å². The molecule has 25 heavy (non-hydrogen) atoms. The summed E-state index contributed by atoms with van der Waals surface area (Å²) in [4.78, 5) is 22.1. The minimum Gasteiger partial charge on any atom is -0.462 e. The third kappa shape index (κ3) is 3.16. The number of nitrogens with zero attached hydrogens (tertiary/aromatic N) is 3. The first-order chi connectivity index (χ1) is 12.0. The van der Waals surface area contributed by atoms with Crippen LogP contribution in [0.15, 0.2) is 28.2 Å². The zero-order valence-corrected chi connectivity index (χ0v) is 14.2. The first-order valence-electron chi connectivity index (χ1n) is 8.43. The minimum atomic E-state index is -0.762. The predicted octanol–water partition coefficient (Wildman–Crippen LogP) is 2.11. The fourth-order valence-electron chi connectivity index (χ4n) is 3.50. The number of nitrogens with two attached hydrogens (primary N) is 2. The van der Waals surface area contributed by atoms with Crippen LogP contribution in [0.25, 0.3) is 0 Å². The zero-order valence-electron chi connectivity index (χ0n) is 14.2. The van der Waals surface area contributed by atoms with Crippen LogP contribution in [0.3, 0.4) is 0 Å². The van der Waals surface area contributed by atoms with E-state index in [-0.39, 0.29) is 29.8 Å². The van der Waals surface area contributed by atoms with E-state index >= 15 is 0 Å². The molecule has 0 unspecified atom stereocenters. The minimum absolute atomic E-state index is 0.0781. The highest BCUT2D eigenvalue weighted by Gasteiger charge is 2.43. The molecule has 7 nitrogen and oxygen atoms in total. The van der Waals surface area contributed by atoms with Crippen molar-refractivity contribution in [1.29, 1.82) is 0 Å². The summed E-state index contributed by atoms with van der Waals surface area (Å²) in [5.41, 5.74) is 11.6. The van der Waals surface area contributed by atoms with Crippen LogP contribution >= 0.6 is 0 Å². The van der Waals surface area contributed by atoms with Gasteiger partial charge in [-0.1, -0.05) is 6.42 Å². The summed E-state index contributed by atoms with van der Waals surface area (Å²) in [5, 5.41) is 0. The Kier molecular flexibility index (Phi) is 4.61. The lowest BCUT2D eigenvalue weighted by Crippen LogP contribution is -2.58. The quantitative estimate of drug-likeness (QED) is 0.815. The standard InChI is InChI=1S/C17H22FN5O2/c1-2-25-14(24)11-6-7-12(18)13(10-11)23-16(20)21-15(19)22-17(23)8-4-3-5-9-17/h6-7,10H,2-5,8-9H2,1H3,(H4,19,20,21,22). The highest BCUT2D eigenvalue weighted by atomic mass is 19.1. The van der Waals surface area contributed by atoms with Crippen LogP contribution in [0.4, 0.5) is 10.1 Å². The van der Waals surface area contributed by atoms with Crippen molar-refractivity contribution >= 4 is 23.6 Å². The van der Waals surface area contributed by atoms with Crippen molar-refractivity contribution < 1.29 is 13.9 Å². The third-order valence-corrected chi connectivity index (χ3v) is 4.55. The summed E-state index contributed by atoms with van der Waals surface area (Å²) in [6.07, 6.45) is 4.31. The van der Waals surface area contributed by atoms with Gasteiger partial charge < -0.3 is 16.2 Å². The summed E-state index contributed by atoms with van der Waals surface area (Å²) >= 11 is 0. The van der Waals surface area contributed by atoms with Gasteiger partial charge in [-0.3, -0.25) is 4.90 Å². The van der Waals surface area contributed by atoms with E-state index in [0.717, 1.165) is 19.3 Å². The van der Waals surface area contributed by atoms with E-state index in [2.05, 4.69) is 9.98 Å². The number of carbonyl (C=O) groups is 1. The average Bonchev–Trinajstić information content (AvgIpc) is 2.56. The highest BCUT2D eigenvalue weighted by molar-refractivity contribution is 6.06. The van der Waals surface area contributed by atoms with E-state index in [1.54, 1.807) is 11.8 Å². The molecule has 1 aliphatic heterocycles. The van der Waals surface area contributed by atoms with Crippen LogP contribution in [-0.4, -0.2) is 30.2 Å². The Morgan fingerprint density at radius 1 is 1.32 bits per heavy atom. The smallest absolute Gasteiger partial charge is 0.338 e. The Labute approximate surface area is 145 Å². The second-order valence-electron chi connectivity index (χ2n) is 6.21. The maximum absolute atomic E-state index is 14.6. The number of benzene rings is 1. The van der Waals surface area contributed by atoms with Gasteiger partial charge in [-0.05, 0) is 50.8 Å². The Bertz CT molecular complexity index is 741. The Balaban J connectivity index is 2.08. The van der Waals surface area contributed by atoms with Crippen LogP contribution in [0.1, 0.15) is 49.4 Å². The normalized spacial score (nSPS) is 19.4. The molecule has 0 radical (unpaired) electrons. The van der Waals surface area contributed by atoms with E-state index in [4.69, 9.17) is 16.2 Å². The summed E-state index contributed by atoms with van der Waals surface area (Å²) in [5.74, 6) is -0.851. The molecule has 1 aromatic carbocycles. The van der Waals surface area contributed by atoms with Crippen LogP contribution < -0.4 is 16.4 Å². The van der Waals surface area contributed by atoms with Crippen molar-refractivity contribution in [2.75, 3.05) is 11.5 Å². The highest BCUT2D eigenvalue weighted by Crippen LogP contribution is 2.40. The van der Waals surface area contributed by atoms with Gasteiger partial charge in [0, 0.05) is 0 Å². The fourth-order valence-corrected chi connectivity index (χ4v) is 3.50. The number of esters is 1. The van der Waals surface area contributed by atoms with Crippen molar-refractivity contribution in [3.63, 3.8) is 0 Å². The predicted molar refractivity (Wildman–Crippen MR) is 93.9 cm³/mol. The maximum atomic E-state index is 14.6. The van der Waals surface area contributed by atoms with Crippen molar-refractivity contribution in [2.24, 2.45) is 21.5 Å². The molecule has 1 spiro atoms. The molecule has 4 N–H and O–H groups in total. The topological polar surface area (TPSA) is 106 Å². The van der Waals surface area contributed by atoms with Gasteiger partial charge in [0.05, 0.1) is 17.9 Å². The molecular weight excluding hydrogens is 325 g/mol. The van der Waals surface area contributed by atoms with Crippen molar-refractivity contribution in [3.8, 4) is 0 Å². The van der Waals surface area contributed by atoms with Crippen molar-refractivity contribution in [1.82, 2.24) is 0 Å². The lowest BCUT2D eigenvalue weighted by Gasteiger charge is -2.45. The lowest BCUT2D eigenvalue weighted by atomic mass is 9.87. The molecule has 1 fully saturated rings. The number of carbonyl (C=O) groups excluding carboxylic acids is 1. The van der Waals surface area contributed by atoms with Gasteiger partial charge in [-0.2, -0.15) is 4.99 Å². The van der Waals surface area contributed by atoms with Gasteiger partial charge in [0.15, 0.2) is 0 Å².